The summed E-state index contributed by atoms with van der Waals surface area (Å²) in [5.74, 6) is -0.352. The first-order valence-corrected chi connectivity index (χ1v) is 25.2. The van der Waals surface area contributed by atoms with Gasteiger partial charge in [-0.15, -0.1) is 0 Å². The van der Waals surface area contributed by atoms with Crippen molar-refractivity contribution in [2.45, 2.75) is 187 Å². The van der Waals surface area contributed by atoms with E-state index in [0.717, 1.165) is 109 Å². The van der Waals surface area contributed by atoms with Gasteiger partial charge >= 0.3 is 13.8 Å². The first kappa shape index (κ1) is 57.4. The zero-order valence-electron chi connectivity index (χ0n) is 38.2. The predicted molar refractivity (Wildman–Crippen MR) is 256 cm³/mol. The molecule has 0 fully saturated rings. The summed E-state index contributed by atoms with van der Waals surface area (Å²) in [4.78, 5) is 22.5. The van der Waals surface area contributed by atoms with Crippen molar-refractivity contribution >= 4 is 13.8 Å². The van der Waals surface area contributed by atoms with Crippen LogP contribution in [0.15, 0.2) is 97.2 Å². The van der Waals surface area contributed by atoms with Crippen molar-refractivity contribution in [1.29, 1.82) is 0 Å². The van der Waals surface area contributed by atoms with E-state index in [0.29, 0.717) is 13.0 Å². The van der Waals surface area contributed by atoms with Gasteiger partial charge in [-0.05, 0) is 96.3 Å². The van der Waals surface area contributed by atoms with Gasteiger partial charge < -0.3 is 20.1 Å². The highest BCUT2D eigenvalue weighted by molar-refractivity contribution is 7.47. The number of unbranched alkanes of at least 4 members (excludes halogenated alkanes) is 15. The second-order valence-electron chi connectivity index (χ2n) is 15.2. The SMILES string of the molecule is CC/C=C\C/C=C\C/C=C\C/C=C\C/C=C\C/C=C\C/C=C\CCCCCCOCC(COP(=O)(O)OCCN)OC(=O)CCCCCCC/C=C\CCCCCCCC. The lowest BCUT2D eigenvalue weighted by atomic mass is 10.1. The fourth-order valence-corrected chi connectivity index (χ4v) is 6.79. The van der Waals surface area contributed by atoms with Crippen molar-refractivity contribution in [2.75, 3.05) is 33.0 Å². The molecule has 3 N–H and O–H groups in total. The normalized spacial score (nSPS) is 14.3. The van der Waals surface area contributed by atoms with Crippen molar-refractivity contribution in [3.05, 3.63) is 97.2 Å². The second-order valence-corrected chi connectivity index (χ2v) is 16.7. The summed E-state index contributed by atoms with van der Waals surface area (Å²) in [7, 11) is -4.30. The number of hydrogen-bond acceptors (Lipinski definition) is 7. The Morgan fingerprint density at radius 2 is 0.933 bits per heavy atom. The van der Waals surface area contributed by atoms with Crippen LogP contribution in [-0.4, -0.2) is 49.9 Å². The van der Waals surface area contributed by atoms with E-state index >= 15 is 0 Å². The van der Waals surface area contributed by atoms with Crippen LogP contribution in [0.4, 0.5) is 0 Å². The van der Waals surface area contributed by atoms with Crippen LogP contribution in [0.3, 0.4) is 0 Å². The molecule has 0 bridgehead atoms. The third kappa shape index (κ3) is 46.5. The Bertz CT molecular complexity index is 1240. The number of phosphoric acid groups is 1. The zero-order chi connectivity index (χ0) is 43.7. The van der Waals surface area contributed by atoms with Crippen LogP contribution < -0.4 is 5.73 Å². The lowest BCUT2D eigenvalue weighted by Gasteiger charge is -2.20. The molecule has 2 unspecified atom stereocenters. The van der Waals surface area contributed by atoms with Crippen LogP contribution in [0.2, 0.25) is 0 Å². The molecule has 0 aromatic heterocycles. The van der Waals surface area contributed by atoms with Gasteiger partial charge in [-0.3, -0.25) is 13.8 Å². The maximum absolute atomic E-state index is 12.6. The minimum atomic E-state index is -4.30. The average Bonchev–Trinajstić information content (AvgIpc) is 3.24. The average molecular weight is 858 g/mol. The number of esters is 1. The molecule has 0 aromatic rings. The Labute approximate surface area is 368 Å². The topological polar surface area (TPSA) is 117 Å². The van der Waals surface area contributed by atoms with Gasteiger partial charge in [-0.1, -0.05) is 175 Å². The molecule has 8 nitrogen and oxygen atoms in total. The molecule has 0 saturated carbocycles. The number of rotatable bonds is 44. The van der Waals surface area contributed by atoms with E-state index in [1.807, 2.05) is 0 Å². The first-order valence-electron chi connectivity index (χ1n) is 23.7. The number of carbonyl (C=O) groups excluding carboxylic acids is 1. The zero-order valence-corrected chi connectivity index (χ0v) is 39.1. The Balaban J connectivity index is 4.08. The van der Waals surface area contributed by atoms with E-state index in [1.165, 1.54) is 51.4 Å². The highest BCUT2D eigenvalue weighted by Gasteiger charge is 2.25. The first-order chi connectivity index (χ1) is 29.4. The van der Waals surface area contributed by atoms with Gasteiger partial charge in [0.2, 0.25) is 0 Å². The maximum Gasteiger partial charge on any atom is 0.472 e. The van der Waals surface area contributed by atoms with Crippen LogP contribution >= 0.6 is 7.82 Å². The molecular formula is C51H88NO7P. The molecule has 0 rings (SSSR count). The Kier molecular flexibility index (Phi) is 45.4. The van der Waals surface area contributed by atoms with Crippen molar-refractivity contribution < 1.29 is 32.8 Å². The molecule has 0 aliphatic heterocycles. The lowest BCUT2D eigenvalue weighted by Crippen LogP contribution is -2.28. The molecule has 0 heterocycles. The predicted octanol–water partition coefficient (Wildman–Crippen LogP) is 14.6. The molecule has 0 radical (unpaired) electrons. The van der Waals surface area contributed by atoms with Gasteiger partial charge in [0.15, 0.2) is 0 Å². The number of hydrogen-bond donors (Lipinski definition) is 2. The molecule has 0 saturated heterocycles. The van der Waals surface area contributed by atoms with Crippen LogP contribution in [0, 0.1) is 0 Å². The number of phosphoric ester groups is 1. The second kappa shape index (κ2) is 47.5. The maximum atomic E-state index is 12.6. The molecule has 9 heteroatoms. The van der Waals surface area contributed by atoms with Gasteiger partial charge in [0, 0.05) is 19.6 Å². The van der Waals surface area contributed by atoms with E-state index in [4.69, 9.17) is 24.3 Å². The molecule has 0 aromatic carbocycles. The summed E-state index contributed by atoms with van der Waals surface area (Å²) in [6, 6.07) is 0. The molecule has 0 aliphatic rings. The van der Waals surface area contributed by atoms with Crippen molar-refractivity contribution in [2.24, 2.45) is 5.73 Å². The number of carbonyl (C=O) groups is 1. The number of ether oxygens (including phenoxy) is 2. The lowest BCUT2D eigenvalue weighted by molar-refractivity contribution is -0.154. The molecule has 2 atom stereocenters. The summed E-state index contributed by atoms with van der Waals surface area (Å²) in [5, 5.41) is 0. The summed E-state index contributed by atoms with van der Waals surface area (Å²) in [6.45, 7) is 4.71. The van der Waals surface area contributed by atoms with Gasteiger partial charge in [0.05, 0.1) is 19.8 Å². The minimum absolute atomic E-state index is 0.0893. The summed E-state index contributed by atoms with van der Waals surface area (Å²) in [6.07, 6.45) is 62.9. The fraction of sp³-hybridized carbons (Fsp3) is 0.667. The van der Waals surface area contributed by atoms with Crippen LogP contribution in [-0.2, 0) is 27.9 Å². The highest BCUT2D eigenvalue weighted by atomic mass is 31.2. The van der Waals surface area contributed by atoms with Crippen molar-refractivity contribution in [3.63, 3.8) is 0 Å². The quantitative estimate of drug-likeness (QED) is 0.0269. The van der Waals surface area contributed by atoms with Crippen LogP contribution in [0.1, 0.15) is 181 Å². The molecule has 60 heavy (non-hydrogen) atoms. The third-order valence-corrected chi connectivity index (χ3v) is 10.5. The Hall–Kier alpha value is -2.58. The fourth-order valence-electron chi connectivity index (χ4n) is 6.03. The standard InChI is InChI=1S/C51H88NO7P/c1-3-5-7-9-11-13-15-17-19-20-21-22-23-24-25-26-27-28-29-31-33-35-37-39-41-43-46-56-48-50(49-58-60(54,55)57-47-45-52)59-51(53)44-42-40-38-36-34-32-30-18-16-14-12-10-8-6-4-2/h5,7,11,13,17-19,21-22,24-25,27-28,30-31,33,50H,3-4,6,8-10,12,14-16,20,23,26,29,32,34-49,52H2,1-2H3,(H,54,55)/b7-5-,13-11-,19-17-,22-21-,25-24-,28-27-,30-18-,33-31-. The van der Waals surface area contributed by atoms with E-state index in [1.54, 1.807) is 0 Å². The summed E-state index contributed by atoms with van der Waals surface area (Å²) in [5.41, 5.74) is 5.37. The third-order valence-electron chi connectivity index (χ3n) is 9.49. The van der Waals surface area contributed by atoms with E-state index in [9.17, 15) is 14.3 Å². The summed E-state index contributed by atoms with van der Waals surface area (Å²) >= 11 is 0. The minimum Gasteiger partial charge on any atom is -0.457 e. The molecule has 0 spiro atoms. The summed E-state index contributed by atoms with van der Waals surface area (Å²) < 4.78 is 33.5. The Morgan fingerprint density at radius 1 is 0.517 bits per heavy atom. The van der Waals surface area contributed by atoms with Gasteiger partial charge in [0.25, 0.3) is 0 Å². The monoisotopic (exact) mass is 858 g/mol. The van der Waals surface area contributed by atoms with Gasteiger partial charge in [-0.25, -0.2) is 4.57 Å². The molecule has 0 amide bonds. The largest absolute Gasteiger partial charge is 0.472 e. The van der Waals surface area contributed by atoms with Gasteiger partial charge in [-0.2, -0.15) is 0 Å². The van der Waals surface area contributed by atoms with Crippen molar-refractivity contribution in [1.82, 2.24) is 0 Å². The van der Waals surface area contributed by atoms with Crippen LogP contribution in [0.25, 0.3) is 0 Å². The van der Waals surface area contributed by atoms with Crippen molar-refractivity contribution in [3.8, 4) is 0 Å². The Morgan fingerprint density at radius 3 is 1.42 bits per heavy atom. The van der Waals surface area contributed by atoms with E-state index in [2.05, 4.69) is 111 Å². The van der Waals surface area contributed by atoms with E-state index < -0.39 is 13.9 Å². The van der Waals surface area contributed by atoms with Crippen LogP contribution in [0.5, 0.6) is 0 Å². The number of allylic oxidation sites excluding steroid dienone is 16. The van der Waals surface area contributed by atoms with E-state index in [-0.39, 0.29) is 32.3 Å². The highest BCUT2D eigenvalue weighted by Crippen LogP contribution is 2.43. The smallest absolute Gasteiger partial charge is 0.457 e. The molecule has 0 aliphatic carbocycles. The van der Waals surface area contributed by atoms with Gasteiger partial charge in [0.1, 0.15) is 6.10 Å². The molecular weight excluding hydrogens is 770 g/mol. The molecule has 344 valence electrons. The number of nitrogens with two attached hydrogens (primary N) is 1.